The summed E-state index contributed by atoms with van der Waals surface area (Å²) in [7, 11) is 0. The maximum absolute atomic E-state index is 14.0. The van der Waals surface area contributed by atoms with Crippen molar-refractivity contribution < 1.29 is 38.5 Å². The van der Waals surface area contributed by atoms with Crippen LogP contribution in [-0.2, 0) is 25.7 Å². The van der Waals surface area contributed by atoms with Crippen molar-refractivity contribution in [1.29, 1.82) is 5.26 Å². The van der Waals surface area contributed by atoms with Gasteiger partial charge in [0.15, 0.2) is 0 Å². The highest BCUT2D eigenvalue weighted by atomic mass is 35.5. The molecule has 1 aliphatic heterocycles. The van der Waals surface area contributed by atoms with Gasteiger partial charge in [-0.05, 0) is 72.7 Å². The van der Waals surface area contributed by atoms with E-state index in [-0.39, 0.29) is 50.1 Å². The third kappa shape index (κ3) is 11.7. The summed E-state index contributed by atoms with van der Waals surface area (Å²) in [6.45, 7) is 16.3. The zero-order valence-electron chi connectivity index (χ0n) is 38.9. The van der Waals surface area contributed by atoms with Crippen LogP contribution in [0.25, 0.3) is 10.4 Å². The molecule has 14 nitrogen and oxygen atoms in total. The first-order valence-electron chi connectivity index (χ1n) is 22.2. The van der Waals surface area contributed by atoms with Gasteiger partial charge in [0.05, 0.1) is 39.4 Å². The molecule has 6 rings (SSSR count). The van der Waals surface area contributed by atoms with E-state index in [1.54, 1.807) is 53.8 Å². The topological polar surface area (TPSA) is 192 Å². The molecule has 3 atom stereocenters. The Morgan fingerprint density at radius 1 is 0.985 bits per heavy atom. The predicted molar refractivity (Wildman–Crippen MR) is 253 cm³/mol. The lowest BCUT2D eigenvalue weighted by molar-refractivity contribution is -0.164. The number of ether oxygens (including phenoxy) is 3. The number of β-amino-alcohol motifs (C(OH)–C–C–N with tert-alkyl or cyclic N) is 1. The molecule has 4 aromatic rings. The highest BCUT2D eigenvalue weighted by molar-refractivity contribution is 7.13. The Morgan fingerprint density at radius 2 is 1.65 bits per heavy atom. The summed E-state index contributed by atoms with van der Waals surface area (Å²) in [4.78, 5) is 60.6. The van der Waals surface area contributed by atoms with Crippen molar-refractivity contribution in [2.45, 2.75) is 112 Å². The molecule has 66 heavy (non-hydrogen) atoms. The molecule has 0 radical (unpaired) electrons. The maximum atomic E-state index is 14.0. The second kappa shape index (κ2) is 21.0. The van der Waals surface area contributed by atoms with Crippen molar-refractivity contribution in [2.75, 3.05) is 26.4 Å². The summed E-state index contributed by atoms with van der Waals surface area (Å²) in [5.74, 6) is -0.306. The van der Waals surface area contributed by atoms with Crippen LogP contribution in [-0.4, -0.2) is 95.3 Å². The zero-order chi connectivity index (χ0) is 48.0. The quantitative estimate of drug-likeness (QED) is 0.0740. The number of aromatic nitrogens is 1. The Kier molecular flexibility index (Phi) is 15.9. The number of nitriles is 1. The third-order valence-corrected chi connectivity index (χ3v) is 13.7. The van der Waals surface area contributed by atoms with Gasteiger partial charge < -0.3 is 40.2 Å². The number of aliphatic hydroxyl groups is 1. The zero-order valence-corrected chi connectivity index (χ0v) is 40.5. The fraction of sp³-hybridized carbons (Fsp3) is 0.480. The Labute approximate surface area is 396 Å². The van der Waals surface area contributed by atoms with Crippen LogP contribution in [0.5, 0.6) is 11.5 Å². The molecular formula is C50H61ClN6O8S. The number of carbonyl (C=O) groups is 4. The fourth-order valence-corrected chi connectivity index (χ4v) is 10.2. The Bertz CT molecular complexity index is 2390. The standard InChI is InChI=1S/C50H61ClN6O8S/c1-30-41(66-29-54-30)32-13-11-31(12-14-32)26-53-44(61)39-23-35(58)27-57(39)45(62)42(48(2,3)4)55-40(59)28-63-21-9-10-22-64-36-18-15-33(16-19-36)43(60)56-46-49(5,6)47(50(46,7)8)65-37-20-17-34(25-52)38(51)24-37/h11-20,24,29,35,39,42,46-47,58H,9-10,21-23,26-28H2,1-8H3,(H,53,61)(H,55,59)(H,56,60)/t35-,39+,42-,46-,47-/m1/s1. The predicted octanol–water partition coefficient (Wildman–Crippen LogP) is 7.24. The molecule has 16 heteroatoms. The molecule has 0 bridgehead atoms. The summed E-state index contributed by atoms with van der Waals surface area (Å²) in [6.07, 6.45) is 0.262. The number of nitrogens with one attached hydrogen (secondary N) is 3. The van der Waals surface area contributed by atoms with Crippen LogP contribution < -0.4 is 25.4 Å². The van der Waals surface area contributed by atoms with Gasteiger partial charge in [-0.15, -0.1) is 11.3 Å². The number of carbonyl (C=O) groups excluding carboxylic acids is 4. The van der Waals surface area contributed by atoms with E-state index < -0.39 is 46.2 Å². The smallest absolute Gasteiger partial charge is 0.251 e. The summed E-state index contributed by atoms with van der Waals surface area (Å²) in [6, 6.07) is 19.8. The highest BCUT2D eigenvalue weighted by Crippen LogP contribution is 2.55. The number of likely N-dealkylation sites (tertiary alicyclic amines) is 1. The molecule has 1 saturated carbocycles. The van der Waals surface area contributed by atoms with Crippen molar-refractivity contribution in [2.24, 2.45) is 16.2 Å². The molecule has 2 heterocycles. The number of unbranched alkanes of at least 4 members (excludes halogenated alkanes) is 1. The van der Waals surface area contributed by atoms with E-state index in [1.807, 2.05) is 57.5 Å². The lowest BCUT2D eigenvalue weighted by Crippen LogP contribution is -2.74. The minimum atomic E-state index is -0.965. The van der Waals surface area contributed by atoms with E-state index in [0.29, 0.717) is 53.7 Å². The average molecular weight is 942 g/mol. The lowest BCUT2D eigenvalue weighted by atomic mass is 9.49. The number of aryl methyl sites for hydroxylation is 1. The number of nitrogens with zero attached hydrogens (tertiary/aromatic N) is 3. The molecule has 1 saturated heterocycles. The molecule has 0 unspecified atom stereocenters. The summed E-state index contributed by atoms with van der Waals surface area (Å²) >= 11 is 7.80. The van der Waals surface area contributed by atoms with Crippen LogP contribution in [0.2, 0.25) is 5.02 Å². The average Bonchev–Trinajstić information content (AvgIpc) is 3.89. The van der Waals surface area contributed by atoms with Crippen molar-refractivity contribution in [3.05, 3.63) is 99.6 Å². The molecule has 1 aromatic heterocycles. The lowest BCUT2D eigenvalue weighted by Gasteiger charge is -2.63. The van der Waals surface area contributed by atoms with Gasteiger partial charge in [-0.1, -0.05) is 84.3 Å². The van der Waals surface area contributed by atoms with Crippen LogP contribution in [0.3, 0.4) is 0 Å². The molecule has 0 spiro atoms. The molecule has 4 N–H and O–H groups in total. The first-order chi connectivity index (χ1) is 31.2. The number of rotatable bonds is 18. The molecular weight excluding hydrogens is 880 g/mol. The van der Waals surface area contributed by atoms with Crippen LogP contribution >= 0.6 is 22.9 Å². The molecule has 1 aliphatic carbocycles. The van der Waals surface area contributed by atoms with Crippen molar-refractivity contribution in [3.63, 3.8) is 0 Å². The summed E-state index contributed by atoms with van der Waals surface area (Å²) in [5, 5.41) is 29.0. The maximum Gasteiger partial charge on any atom is 0.251 e. The van der Waals surface area contributed by atoms with Crippen molar-refractivity contribution >= 4 is 46.6 Å². The number of aliphatic hydroxyl groups excluding tert-OH is 1. The number of benzene rings is 3. The van der Waals surface area contributed by atoms with Gasteiger partial charge in [-0.25, -0.2) is 4.98 Å². The van der Waals surface area contributed by atoms with Gasteiger partial charge >= 0.3 is 0 Å². The Hall–Kier alpha value is -5.53. The van der Waals surface area contributed by atoms with Gasteiger partial charge in [0.1, 0.15) is 42.4 Å². The first-order valence-corrected chi connectivity index (χ1v) is 23.5. The van der Waals surface area contributed by atoms with Gasteiger partial charge in [0, 0.05) is 54.6 Å². The van der Waals surface area contributed by atoms with Crippen LogP contribution in [0.1, 0.15) is 94.9 Å². The van der Waals surface area contributed by atoms with E-state index >= 15 is 0 Å². The molecule has 2 aliphatic rings. The van der Waals surface area contributed by atoms with Crippen molar-refractivity contribution in [3.8, 4) is 28.0 Å². The van der Waals surface area contributed by atoms with Gasteiger partial charge in [0.2, 0.25) is 17.7 Å². The second-order valence-electron chi connectivity index (χ2n) is 19.4. The fourth-order valence-electron chi connectivity index (χ4n) is 9.16. The first kappa shape index (κ1) is 49.9. The molecule has 4 amide bonds. The number of hydrogen-bond acceptors (Lipinski definition) is 11. The summed E-state index contributed by atoms with van der Waals surface area (Å²) < 4.78 is 17.9. The van der Waals surface area contributed by atoms with E-state index in [2.05, 4.69) is 54.7 Å². The van der Waals surface area contributed by atoms with Crippen LogP contribution in [0.4, 0.5) is 0 Å². The number of hydrogen-bond donors (Lipinski definition) is 4. The van der Waals surface area contributed by atoms with E-state index in [4.69, 9.17) is 25.8 Å². The van der Waals surface area contributed by atoms with Gasteiger partial charge in [-0.3, -0.25) is 19.2 Å². The van der Waals surface area contributed by atoms with E-state index in [9.17, 15) is 29.5 Å². The number of amides is 4. The highest BCUT2D eigenvalue weighted by Gasteiger charge is 2.64. The van der Waals surface area contributed by atoms with Gasteiger partial charge in [0.25, 0.3) is 5.91 Å². The SMILES string of the molecule is Cc1ncsc1-c1ccc(CNC(=O)[C@@H]2C[C@@H](O)CN2C(=O)[C@@H](NC(=O)COCCCCOc2ccc(C(=O)N[C@H]3C(C)(C)[C@H](Oc4ccc(C#N)c(Cl)c4)C3(C)C)cc2)C(C)(C)C)cc1. The number of halogens is 1. The normalized spacial score (nSPS) is 20.0. The number of thiazole rings is 1. The minimum absolute atomic E-state index is 0.0190. The molecule has 352 valence electrons. The molecule has 3 aromatic carbocycles. The van der Waals surface area contributed by atoms with Crippen LogP contribution in [0, 0.1) is 34.5 Å². The Morgan fingerprint density at radius 3 is 2.27 bits per heavy atom. The Balaban J connectivity index is 0.896. The molecule has 2 fully saturated rings. The minimum Gasteiger partial charge on any atom is -0.494 e. The third-order valence-electron chi connectivity index (χ3n) is 12.4. The second-order valence-corrected chi connectivity index (χ2v) is 20.6. The summed E-state index contributed by atoms with van der Waals surface area (Å²) in [5.41, 5.74) is 4.09. The van der Waals surface area contributed by atoms with Gasteiger partial charge in [-0.2, -0.15) is 5.26 Å². The van der Waals surface area contributed by atoms with E-state index in [1.165, 1.54) is 4.90 Å². The van der Waals surface area contributed by atoms with Crippen LogP contribution in [0.15, 0.2) is 72.2 Å². The van der Waals surface area contributed by atoms with Crippen molar-refractivity contribution in [1.82, 2.24) is 25.8 Å². The van der Waals surface area contributed by atoms with E-state index in [0.717, 1.165) is 21.7 Å². The monoisotopic (exact) mass is 940 g/mol. The largest absolute Gasteiger partial charge is 0.494 e.